The Hall–Kier alpha value is -4.12. The number of H-pyrrole nitrogens is 1. The van der Waals surface area contributed by atoms with E-state index in [2.05, 4.69) is 44.8 Å². The molecule has 1 amide bonds. The first kappa shape index (κ1) is 36.5. The van der Waals surface area contributed by atoms with Crippen molar-refractivity contribution in [3.8, 4) is 0 Å². The third-order valence-corrected chi connectivity index (χ3v) is 15.3. The van der Waals surface area contributed by atoms with Crippen LogP contribution in [0.15, 0.2) is 47.5 Å². The summed E-state index contributed by atoms with van der Waals surface area (Å²) in [5.41, 5.74) is 3.14. The summed E-state index contributed by atoms with van der Waals surface area (Å²) in [4.78, 5) is 30.1. The molecular weight excluding hydrogens is 694 g/mol. The van der Waals surface area contributed by atoms with E-state index in [4.69, 9.17) is 4.74 Å². The highest BCUT2D eigenvalue weighted by atomic mass is 19.1. The van der Waals surface area contributed by atoms with Crippen LogP contribution in [0.25, 0.3) is 10.8 Å². The predicted octanol–water partition coefficient (Wildman–Crippen LogP) is 8.81. The van der Waals surface area contributed by atoms with Gasteiger partial charge in [0.15, 0.2) is 0 Å². The van der Waals surface area contributed by atoms with Crippen molar-refractivity contribution in [2.24, 2.45) is 41.5 Å². The number of halogens is 1. The fourth-order valence-electron chi connectivity index (χ4n) is 12.5. The minimum Gasteiger partial charge on any atom is -0.378 e. The van der Waals surface area contributed by atoms with Gasteiger partial charge in [-0.1, -0.05) is 45.2 Å². The highest BCUT2D eigenvalue weighted by Gasteiger charge is 2.60. The SMILES string of the molecule is Cn1ncnc1C1c2n[nH]c(=O)c3cc(F)cc(c23)N[C@@H]1c1ccc(NC(=O)CCCCCO[C@@H]2CC[C@H]3[C@@H]4CC[C@H]5CCCC[C@]5(C)[C@H]4CC[C@]23C)cc1. The van der Waals surface area contributed by atoms with E-state index in [-0.39, 0.29) is 11.3 Å². The van der Waals surface area contributed by atoms with Crippen LogP contribution in [0.4, 0.5) is 15.8 Å². The molecule has 55 heavy (non-hydrogen) atoms. The van der Waals surface area contributed by atoms with E-state index in [1.165, 1.54) is 82.7 Å². The molecule has 2 aromatic heterocycles. The smallest absolute Gasteiger partial charge is 0.272 e. The standard InChI is InChI=1S/C44H56FN7O3/c1-43-20-7-6-9-27(43)13-16-30-32-17-18-35(44(32,2)21-19-33(30)43)55-22-8-4-5-10-36(53)48-29-14-11-26(12-15-29)39-38(41-46-25-47-52(41)3)40-37-31(42(54)51-50-40)23-28(45)24-34(37)49-39/h11-12,14-15,23-25,27,30,32-33,35,38-39,49H,4-10,13,16-22H2,1-3H3,(H,48,53)(H,51,54)/t27-,30+,32+,33+,35-,38?,39-,43+,44+/m1/s1. The minimum atomic E-state index is -0.511. The first-order valence-electron chi connectivity index (χ1n) is 21.0. The van der Waals surface area contributed by atoms with Gasteiger partial charge in [-0.15, -0.1) is 0 Å². The summed E-state index contributed by atoms with van der Waals surface area (Å²) in [7, 11) is 1.81. The van der Waals surface area contributed by atoms with Gasteiger partial charge in [-0.2, -0.15) is 10.2 Å². The maximum Gasteiger partial charge on any atom is 0.272 e. The van der Waals surface area contributed by atoms with E-state index < -0.39 is 23.3 Å². The number of carbonyl (C=O) groups excluding carboxylic acids is 1. The molecule has 0 spiro atoms. The number of aromatic nitrogens is 5. The summed E-state index contributed by atoms with van der Waals surface area (Å²) >= 11 is 0. The Labute approximate surface area is 322 Å². The van der Waals surface area contributed by atoms with Crippen molar-refractivity contribution in [1.82, 2.24) is 25.0 Å². The largest absolute Gasteiger partial charge is 0.378 e. The van der Waals surface area contributed by atoms with Gasteiger partial charge in [-0.25, -0.2) is 14.5 Å². The summed E-state index contributed by atoms with van der Waals surface area (Å²) < 4.78 is 23.0. The van der Waals surface area contributed by atoms with E-state index in [1.807, 2.05) is 31.3 Å². The molecule has 1 unspecified atom stereocenters. The molecule has 0 saturated heterocycles. The van der Waals surface area contributed by atoms with Gasteiger partial charge in [-0.05, 0) is 129 Å². The lowest BCUT2D eigenvalue weighted by Crippen LogP contribution is -2.53. The maximum absolute atomic E-state index is 14.6. The highest BCUT2D eigenvalue weighted by molar-refractivity contribution is 5.97. The zero-order valence-electron chi connectivity index (χ0n) is 32.6. The number of hydrogen-bond donors (Lipinski definition) is 3. The quantitative estimate of drug-likeness (QED) is 0.138. The topological polar surface area (TPSA) is 127 Å². The fraction of sp³-hybridized carbons (Fsp3) is 0.614. The van der Waals surface area contributed by atoms with Crippen molar-refractivity contribution < 1.29 is 13.9 Å². The third-order valence-electron chi connectivity index (χ3n) is 15.3. The Balaban J connectivity index is 0.770. The molecule has 2 aromatic carbocycles. The summed E-state index contributed by atoms with van der Waals surface area (Å²) in [6.45, 7) is 6.00. The van der Waals surface area contributed by atoms with Crippen LogP contribution < -0.4 is 16.2 Å². The first-order valence-corrected chi connectivity index (χ1v) is 21.0. The number of amides is 1. The van der Waals surface area contributed by atoms with Crippen LogP contribution in [0, 0.1) is 40.3 Å². The number of aryl methyl sites for hydroxylation is 1. The second kappa shape index (κ2) is 14.4. The molecule has 4 fully saturated rings. The number of benzene rings is 2. The molecule has 9 rings (SSSR count). The molecule has 1 aliphatic heterocycles. The van der Waals surface area contributed by atoms with Gasteiger partial charge in [-0.3, -0.25) is 14.3 Å². The molecule has 4 aromatic rings. The molecule has 0 radical (unpaired) electrons. The van der Waals surface area contributed by atoms with Crippen molar-refractivity contribution in [1.29, 1.82) is 0 Å². The number of fused-ring (bicyclic) bond motifs is 5. The normalized spacial score (nSPS) is 32.3. The number of nitrogens with one attached hydrogen (secondary N) is 3. The predicted molar refractivity (Wildman–Crippen MR) is 211 cm³/mol. The van der Waals surface area contributed by atoms with Gasteiger partial charge in [0.2, 0.25) is 5.91 Å². The average molecular weight is 750 g/mol. The number of rotatable bonds is 10. The van der Waals surface area contributed by atoms with Gasteiger partial charge in [0, 0.05) is 36.8 Å². The number of nitrogens with zero attached hydrogens (tertiary/aromatic N) is 4. The second-order valence-electron chi connectivity index (χ2n) is 18.0. The second-order valence-corrected chi connectivity index (χ2v) is 18.0. The van der Waals surface area contributed by atoms with Gasteiger partial charge in [0.1, 0.15) is 18.0 Å². The first-order chi connectivity index (χ1) is 26.6. The maximum atomic E-state index is 14.6. The van der Waals surface area contributed by atoms with Gasteiger partial charge in [0.05, 0.1) is 29.1 Å². The van der Waals surface area contributed by atoms with E-state index >= 15 is 0 Å². The number of hydrogen-bond acceptors (Lipinski definition) is 7. The van der Waals surface area contributed by atoms with Crippen molar-refractivity contribution >= 4 is 28.1 Å². The molecule has 292 valence electrons. The van der Waals surface area contributed by atoms with E-state index in [9.17, 15) is 14.0 Å². The molecule has 5 aliphatic rings. The Morgan fingerprint density at radius 2 is 1.82 bits per heavy atom. The van der Waals surface area contributed by atoms with Gasteiger partial charge >= 0.3 is 0 Å². The lowest BCUT2D eigenvalue weighted by atomic mass is 9.45. The number of ether oxygens (including phenoxy) is 1. The van der Waals surface area contributed by atoms with Crippen molar-refractivity contribution in [3.63, 3.8) is 0 Å². The monoisotopic (exact) mass is 749 g/mol. The Bertz CT molecular complexity index is 2120. The van der Waals surface area contributed by atoms with Crippen molar-refractivity contribution in [2.75, 3.05) is 17.2 Å². The van der Waals surface area contributed by atoms with Crippen LogP contribution in [-0.2, 0) is 16.6 Å². The molecule has 9 atom stereocenters. The highest BCUT2D eigenvalue weighted by Crippen LogP contribution is 2.66. The fourth-order valence-corrected chi connectivity index (χ4v) is 12.5. The van der Waals surface area contributed by atoms with Crippen LogP contribution in [-0.4, -0.2) is 43.6 Å². The average Bonchev–Trinajstić information content (AvgIpc) is 3.75. The number of carbonyl (C=O) groups is 1. The van der Waals surface area contributed by atoms with Crippen molar-refractivity contribution in [3.05, 3.63) is 76.0 Å². The van der Waals surface area contributed by atoms with Crippen LogP contribution in [0.5, 0.6) is 0 Å². The van der Waals surface area contributed by atoms with Crippen LogP contribution >= 0.6 is 0 Å². The molecule has 3 N–H and O–H groups in total. The summed E-state index contributed by atoms with van der Waals surface area (Å²) in [5, 5.41) is 18.6. The molecule has 10 nitrogen and oxygen atoms in total. The molecular formula is C44H56FN7O3. The number of anilines is 2. The van der Waals surface area contributed by atoms with Crippen LogP contribution in [0.2, 0.25) is 0 Å². The summed E-state index contributed by atoms with van der Waals surface area (Å²) in [6, 6.07) is 9.91. The molecule has 4 aliphatic carbocycles. The third kappa shape index (κ3) is 6.38. The van der Waals surface area contributed by atoms with E-state index in [0.29, 0.717) is 51.6 Å². The Morgan fingerprint density at radius 3 is 2.64 bits per heavy atom. The van der Waals surface area contributed by atoms with Crippen LogP contribution in [0.3, 0.4) is 0 Å². The zero-order valence-corrected chi connectivity index (χ0v) is 32.6. The van der Waals surface area contributed by atoms with E-state index in [1.54, 1.807) is 4.68 Å². The summed E-state index contributed by atoms with van der Waals surface area (Å²) in [6.07, 6.45) is 19.1. The number of unbranched alkanes of at least 4 members (excludes halogenated alkanes) is 2. The molecule has 3 heterocycles. The van der Waals surface area contributed by atoms with Gasteiger partial charge in [0.25, 0.3) is 5.56 Å². The molecule has 11 heteroatoms. The van der Waals surface area contributed by atoms with Crippen LogP contribution in [0.1, 0.15) is 133 Å². The lowest BCUT2D eigenvalue weighted by molar-refractivity contribution is -0.130. The molecule has 4 saturated carbocycles. The minimum absolute atomic E-state index is 0.00468. The Morgan fingerprint density at radius 1 is 0.982 bits per heavy atom. The van der Waals surface area contributed by atoms with Crippen molar-refractivity contribution in [2.45, 2.75) is 122 Å². The lowest BCUT2D eigenvalue weighted by Gasteiger charge is -2.60. The summed E-state index contributed by atoms with van der Waals surface area (Å²) in [5.74, 6) is 3.33. The van der Waals surface area contributed by atoms with Gasteiger partial charge < -0.3 is 15.4 Å². The molecule has 0 bridgehead atoms. The number of aromatic amines is 1. The Kier molecular flexibility index (Phi) is 9.58. The zero-order chi connectivity index (χ0) is 37.9. The van der Waals surface area contributed by atoms with E-state index in [0.717, 1.165) is 55.1 Å².